The number of carboxylic acid groups (broad SMARTS) is 1. The Balaban J connectivity index is 1.69. The van der Waals surface area contributed by atoms with Crippen molar-refractivity contribution in [2.45, 2.75) is 32.2 Å². The number of aliphatic carboxylic acids is 1. The lowest BCUT2D eigenvalue weighted by molar-refractivity contribution is -0.142. The molecule has 1 heterocycles. The van der Waals surface area contributed by atoms with Crippen LogP contribution in [0.2, 0.25) is 0 Å². The van der Waals surface area contributed by atoms with Crippen molar-refractivity contribution in [1.29, 1.82) is 0 Å². The smallest absolute Gasteiger partial charge is 0.308 e. The average molecular weight is 315 g/mol. The summed E-state index contributed by atoms with van der Waals surface area (Å²) in [5.74, 6) is -0.745. The predicted molar refractivity (Wildman–Crippen MR) is 80.7 cm³/mol. The highest BCUT2D eigenvalue weighted by Gasteiger charge is 2.33. The topological polar surface area (TPSA) is 105 Å². The minimum Gasteiger partial charge on any atom is -0.481 e. The number of hydrogen-bond donors (Lipinski definition) is 2. The van der Waals surface area contributed by atoms with Crippen LogP contribution in [0.15, 0.2) is 28.7 Å². The Morgan fingerprint density at radius 1 is 1.22 bits per heavy atom. The van der Waals surface area contributed by atoms with E-state index in [0.29, 0.717) is 30.2 Å². The number of carbonyl (C=O) groups excluding carboxylic acids is 1. The lowest BCUT2D eigenvalue weighted by atomic mass is 10.0. The number of nitrogens with one attached hydrogen (secondary N) is 1. The van der Waals surface area contributed by atoms with Crippen LogP contribution in [-0.2, 0) is 4.79 Å². The molecule has 0 unspecified atom stereocenters. The van der Waals surface area contributed by atoms with Crippen LogP contribution < -0.4 is 5.32 Å². The van der Waals surface area contributed by atoms with Gasteiger partial charge in [-0.25, -0.2) is 0 Å². The van der Waals surface area contributed by atoms with E-state index >= 15 is 0 Å². The Morgan fingerprint density at radius 3 is 2.57 bits per heavy atom. The van der Waals surface area contributed by atoms with Crippen molar-refractivity contribution in [1.82, 2.24) is 15.5 Å². The number of rotatable bonds is 4. The van der Waals surface area contributed by atoms with Crippen LogP contribution in [-0.4, -0.2) is 33.2 Å². The van der Waals surface area contributed by atoms with Crippen molar-refractivity contribution in [2.75, 3.05) is 0 Å². The molecule has 0 radical (unpaired) electrons. The lowest BCUT2D eigenvalue weighted by Crippen LogP contribution is -2.40. The van der Waals surface area contributed by atoms with Crippen molar-refractivity contribution in [3.8, 4) is 11.5 Å². The average Bonchev–Trinajstić information content (AvgIpc) is 3.16. The van der Waals surface area contributed by atoms with Crippen LogP contribution >= 0.6 is 0 Å². The fourth-order valence-corrected chi connectivity index (χ4v) is 2.86. The van der Waals surface area contributed by atoms with Crippen molar-refractivity contribution in [2.24, 2.45) is 5.92 Å². The Labute approximate surface area is 132 Å². The molecule has 2 aromatic rings. The van der Waals surface area contributed by atoms with Crippen molar-refractivity contribution in [3.63, 3.8) is 0 Å². The maximum atomic E-state index is 12.3. The third-order valence-electron chi connectivity index (χ3n) is 4.07. The Morgan fingerprint density at radius 2 is 1.96 bits per heavy atom. The van der Waals surface area contributed by atoms with Crippen LogP contribution in [0.25, 0.3) is 11.5 Å². The first kappa shape index (κ1) is 15.2. The van der Waals surface area contributed by atoms with Gasteiger partial charge >= 0.3 is 5.97 Å². The van der Waals surface area contributed by atoms with Gasteiger partial charge in [-0.15, -0.1) is 10.2 Å². The van der Waals surface area contributed by atoms with E-state index < -0.39 is 11.9 Å². The summed E-state index contributed by atoms with van der Waals surface area (Å²) in [6.07, 6.45) is 2.12. The fraction of sp³-hybridized carbons (Fsp3) is 0.375. The number of benzene rings is 1. The van der Waals surface area contributed by atoms with Gasteiger partial charge in [0.1, 0.15) is 0 Å². The summed E-state index contributed by atoms with van der Waals surface area (Å²) >= 11 is 0. The maximum Gasteiger partial charge on any atom is 0.308 e. The molecular weight excluding hydrogens is 298 g/mol. The van der Waals surface area contributed by atoms with Crippen LogP contribution in [0.5, 0.6) is 0 Å². The van der Waals surface area contributed by atoms with E-state index in [1.54, 1.807) is 31.2 Å². The van der Waals surface area contributed by atoms with Crippen molar-refractivity contribution >= 4 is 11.9 Å². The molecule has 1 fully saturated rings. The van der Waals surface area contributed by atoms with Gasteiger partial charge < -0.3 is 14.8 Å². The molecule has 7 heteroatoms. The molecule has 3 rings (SSSR count). The summed E-state index contributed by atoms with van der Waals surface area (Å²) < 4.78 is 5.33. The van der Waals surface area contributed by atoms with E-state index in [4.69, 9.17) is 9.52 Å². The zero-order chi connectivity index (χ0) is 16.4. The number of carboxylic acids is 1. The third-order valence-corrected chi connectivity index (χ3v) is 4.07. The van der Waals surface area contributed by atoms with E-state index in [-0.39, 0.29) is 11.9 Å². The Kier molecular flexibility index (Phi) is 4.10. The normalized spacial score (nSPS) is 20.4. The van der Waals surface area contributed by atoms with Gasteiger partial charge in [0.2, 0.25) is 11.8 Å². The third kappa shape index (κ3) is 3.23. The summed E-state index contributed by atoms with van der Waals surface area (Å²) in [5.41, 5.74) is 1.20. The molecule has 2 N–H and O–H groups in total. The van der Waals surface area contributed by atoms with Crippen LogP contribution in [0.4, 0.5) is 0 Å². The summed E-state index contributed by atoms with van der Waals surface area (Å²) in [6, 6.07) is 6.47. The first-order chi connectivity index (χ1) is 11.0. The van der Waals surface area contributed by atoms with E-state index in [1.165, 1.54) is 0 Å². The van der Waals surface area contributed by atoms with E-state index in [2.05, 4.69) is 15.5 Å². The van der Waals surface area contributed by atoms with Gasteiger partial charge in [-0.3, -0.25) is 9.59 Å². The minimum atomic E-state index is -0.852. The molecule has 120 valence electrons. The lowest BCUT2D eigenvalue weighted by Gasteiger charge is -2.17. The number of hydrogen-bond acceptors (Lipinski definition) is 5. The van der Waals surface area contributed by atoms with Gasteiger partial charge in [0.15, 0.2) is 0 Å². The molecular formula is C16H17N3O4. The predicted octanol–water partition coefficient (Wildman–Crippen LogP) is 2.03. The van der Waals surface area contributed by atoms with Crippen LogP contribution in [0.3, 0.4) is 0 Å². The Hall–Kier alpha value is -2.70. The first-order valence-corrected chi connectivity index (χ1v) is 7.49. The quantitative estimate of drug-likeness (QED) is 0.894. The summed E-state index contributed by atoms with van der Waals surface area (Å²) in [4.78, 5) is 23.4. The number of amides is 1. The summed E-state index contributed by atoms with van der Waals surface area (Å²) in [7, 11) is 0. The molecule has 1 aromatic heterocycles. The Bertz CT molecular complexity index is 723. The van der Waals surface area contributed by atoms with Crippen LogP contribution in [0.1, 0.15) is 35.5 Å². The largest absolute Gasteiger partial charge is 0.481 e. The second-order valence-corrected chi connectivity index (χ2v) is 5.66. The van der Waals surface area contributed by atoms with Gasteiger partial charge in [-0.05, 0) is 37.1 Å². The fourth-order valence-electron chi connectivity index (χ4n) is 2.86. The molecule has 7 nitrogen and oxygen atoms in total. The SMILES string of the molecule is Cc1nnc(-c2ccc(C(=O)N[C@@H]3CCC[C@@H]3C(=O)O)cc2)o1. The second-order valence-electron chi connectivity index (χ2n) is 5.66. The van der Waals surface area contributed by atoms with Crippen molar-refractivity contribution in [3.05, 3.63) is 35.7 Å². The number of aromatic nitrogens is 2. The van der Waals surface area contributed by atoms with Gasteiger partial charge in [0, 0.05) is 24.1 Å². The molecule has 2 atom stereocenters. The highest BCUT2D eigenvalue weighted by Crippen LogP contribution is 2.26. The van der Waals surface area contributed by atoms with Gasteiger partial charge in [-0.2, -0.15) is 0 Å². The molecule has 1 aliphatic rings. The highest BCUT2D eigenvalue weighted by atomic mass is 16.4. The molecule has 0 bridgehead atoms. The minimum absolute atomic E-state index is 0.267. The maximum absolute atomic E-state index is 12.3. The van der Waals surface area contributed by atoms with Gasteiger partial charge in [-0.1, -0.05) is 6.42 Å². The van der Waals surface area contributed by atoms with Crippen LogP contribution in [0, 0.1) is 12.8 Å². The number of carbonyl (C=O) groups is 2. The first-order valence-electron chi connectivity index (χ1n) is 7.49. The molecule has 0 aliphatic heterocycles. The van der Waals surface area contributed by atoms with E-state index in [0.717, 1.165) is 12.0 Å². The van der Waals surface area contributed by atoms with E-state index in [9.17, 15) is 9.59 Å². The summed E-state index contributed by atoms with van der Waals surface area (Å²) in [6.45, 7) is 1.71. The standard InChI is InChI=1S/C16H17N3O4/c1-9-18-19-15(23-9)11-7-5-10(6-8-11)14(20)17-13-4-2-3-12(13)16(21)22/h5-8,12-13H,2-4H2,1H3,(H,17,20)(H,21,22)/t12-,13+/m0/s1. The highest BCUT2D eigenvalue weighted by molar-refractivity contribution is 5.95. The van der Waals surface area contributed by atoms with Gasteiger partial charge in [0.05, 0.1) is 5.92 Å². The molecule has 0 saturated heterocycles. The monoisotopic (exact) mass is 315 g/mol. The number of aryl methyl sites for hydroxylation is 1. The molecule has 1 saturated carbocycles. The number of nitrogens with zero attached hydrogens (tertiary/aromatic N) is 2. The summed E-state index contributed by atoms with van der Waals surface area (Å²) in [5, 5.41) is 19.7. The van der Waals surface area contributed by atoms with Crippen molar-refractivity contribution < 1.29 is 19.1 Å². The molecule has 1 aliphatic carbocycles. The molecule has 1 amide bonds. The van der Waals surface area contributed by atoms with Gasteiger partial charge in [0.25, 0.3) is 5.91 Å². The molecule has 23 heavy (non-hydrogen) atoms. The zero-order valence-corrected chi connectivity index (χ0v) is 12.7. The second kappa shape index (κ2) is 6.20. The van der Waals surface area contributed by atoms with E-state index in [1.807, 2.05) is 0 Å². The zero-order valence-electron chi connectivity index (χ0n) is 12.7. The molecule has 0 spiro atoms. The molecule has 1 aromatic carbocycles.